The number of carbonyl (C=O) groups excluding carboxylic acids is 2. The fraction of sp³-hybridized carbons (Fsp3) is 0.556. The third-order valence-corrected chi connectivity index (χ3v) is 4.44. The molecule has 0 atom stereocenters. The van der Waals surface area contributed by atoms with Crippen molar-refractivity contribution in [2.45, 2.75) is 25.8 Å². The molecule has 0 aliphatic carbocycles. The van der Waals surface area contributed by atoms with E-state index in [1.807, 2.05) is 24.3 Å². The van der Waals surface area contributed by atoms with Crippen molar-refractivity contribution in [3.05, 3.63) is 29.8 Å². The van der Waals surface area contributed by atoms with E-state index in [4.69, 9.17) is 4.74 Å². The number of amides is 1. The lowest BCUT2D eigenvalue weighted by Crippen LogP contribution is -2.41. The van der Waals surface area contributed by atoms with E-state index < -0.39 is 0 Å². The maximum Gasteiger partial charge on any atom is 0.306 e. The predicted octanol–water partition coefficient (Wildman–Crippen LogP) is 1.59. The van der Waals surface area contributed by atoms with Gasteiger partial charge in [0.15, 0.2) is 0 Å². The first-order chi connectivity index (χ1) is 11.6. The van der Waals surface area contributed by atoms with Gasteiger partial charge in [-0.2, -0.15) is 0 Å². The third-order valence-electron chi connectivity index (χ3n) is 4.44. The van der Waals surface area contributed by atoms with Crippen LogP contribution in [0, 0.1) is 5.92 Å². The molecule has 0 saturated carbocycles. The molecule has 0 unspecified atom stereocenters. The van der Waals surface area contributed by atoms with E-state index in [-0.39, 0.29) is 17.8 Å². The van der Waals surface area contributed by atoms with Gasteiger partial charge in [0, 0.05) is 19.0 Å². The van der Waals surface area contributed by atoms with Crippen molar-refractivity contribution in [3.8, 4) is 5.75 Å². The fourth-order valence-corrected chi connectivity index (χ4v) is 2.85. The van der Waals surface area contributed by atoms with Crippen LogP contribution in [0.2, 0.25) is 0 Å². The maximum absolute atomic E-state index is 12.3. The molecule has 0 spiro atoms. The van der Waals surface area contributed by atoms with Crippen LogP contribution >= 0.6 is 0 Å². The molecule has 0 aromatic heterocycles. The van der Waals surface area contributed by atoms with Crippen LogP contribution in [0.5, 0.6) is 5.75 Å². The summed E-state index contributed by atoms with van der Waals surface area (Å²) in [5.74, 6) is 0.787. The number of esters is 1. The predicted molar refractivity (Wildman–Crippen MR) is 90.6 cm³/mol. The van der Waals surface area contributed by atoms with Crippen molar-refractivity contribution >= 4 is 11.9 Å². The number of nitrogens with zero attached hydrogens (tertiary/aromatic N) is 1. The molecule has 1 aromatic rings. The quantitative estimate of drug-likeness (QED) is 0.767. The summed E-state index contributed by atoms with van der Waals surface area (Å²) in [5, 5.41) is 3.01. The molecule has 1 aromatic carbocycles. The number of nitrogens with one attached hydrogen (secondary N) is 1. The molecule has 1 aliphatic heterocycles. The first-order valence-corrected chi connectivity index (χ1v) is 8.32. The molecule has 1 N–H and O–H groups in total. The minimum Gasteiger partial charge on any atom is -0.497 e. The normalized spacial score (nSPS) is 15.8. The molecule has 0 bridgehead atoms. The van der Waals surface area contributed by atoms with Crippen molar-refractivity contribution in [3.63, 3.8) is 0 Å². The average molecular weight is 334 g/mol. The Hall–Kier alpha value is -2.08. The largest absolute Gasteiger partial charge is 0.497 e. The molecule has 24 heavy (non-hydrogen) atoms. The van der Waals surface area contributed by atoms with Crippen LogP contribution < -0.4 is 10.1 Å². The lowest BCUT2D eigenvalue weighted by Gasteiger charge is -2.30. The van der Waals surface area contributed by atoms with E-state index in [1.165, 1.54) is 7.11 Å². The molecule has 1 fully saturated rings. The summed E-state index contributed by atoms with van der Waals surface area (Å²) in [5.41, 5.74) is 1.06. The third kappa shape index (κ3) is 5.53. The molecule has 1 heterocycles. The van der Waals surface area contributed by atoms with Crippen LogP contribution in [0.25, 0.3) is 0 Å². The summed E-state index contributed by atoms with van der Waals surface area (Å²) in [6.07, 6.45) is 2.07. The second-order valence-corrected chi connectivity index (χ2v) is 6.01. The number of hydrogen-bond donors (Lipinski definition) is 1. The van der Waals surface area contributed by atoms with Crippen LogP contribution in [0.3, 0.4) is 0 Å². The van der Waals surface area contributed by atoms with Gasteiger partial charge in [0.05, 0.1) is 20.6 Å². The topological polar surface area (TPSA) is 67.9 Å². The number of ether oxygens (including phenoxy) is 2. The zero-order valence-corrected chi connectivity index (χ0v) is 14.4. The second kappa shape index (κ2) is 9.27. The summed E-state index contributed by atoms with van der Waals surface area (Å²) in [7, 11) is 3.04. The Balaban J connectivity index is 1.69. The van der Waals surface area contributed by atoms with Crippen LogP contribution in [0.15, 0.2) is 24.3 Å². The van der Waals surface area contributed by atoms with Gasteiger partial charge in [-0.3, -0.25) is 9.59 Å². The molecule has 1 aliphatic rings. The molecule has 6 nitrogen and oxygen atoms in total. The number of rotatable bonds is 7. The Kier molecular flexibility index (Phi) is 7.06. The Morgan fingerprint density at radius 3 is 2.42 bits per heavy atom. The fourth-order valence-electron chi connectivity index (χ4n) is 2.85. The highest BCUT2D eigenvalue weighted by Gasteiger charge is 2.24. The molecular formula is C18H26N2O4. The van der Waals surface area contributed by atoms with Crippen molar-refractivity contribution in [1.82, 2.24) is 10.2 Å². The van der Waals surface area contributed by atoms with Crippen molar-refractivity contribution < 1.29 is 19.1 Å². The highest BCUT2D eigenvalue weighted by molar-refractivity contribution is 5.78. The SMILES string of the molecule is COC(=O)CCN1CCC(C(=O)NCc2ccc(OC)cc2)CC1. The molecule has 1 amide bonds. The summed E-state index contributed by atoms with van der Waals surface area (Å²) < 4.78 is 9.77. The van der Waals surface area contributed by atoms with Gasteiger partial charge in [-0.05, 0) is 43.6 Å². The maximum atomic E-state index is 12.3. The molecule has 132 valence electrons. The minimum atomic E-state index is -0.186. The van der Waals surface area contributed by atoms with Crippen molar-refractivity contribution in [1.29, 1.82) is 0 Å². The summed E-state index contributed by atoms with van der Waals surface area (Å²) in [6, 6.07) is 7.69. The number of likely N-dealkylation sites (tertiary alicyclic amines) is 1. The summed E-state index contributed by atoms with van der Waals surface area (Å²) >= 11 is 0. The Bertz CT molecular complexity index is 536. The molecule has 0 radical (unpaired) electrons. The molecule has 1 saturated heterocycles. The average Bonchev–Trinajstić information content (AvgIpc) is 2.64. The van der Waals surface area contributed by atoms with Crippen molar-refractivity contribution in [2.24, 2.45) is 5.92 Å². The smallest absolute Gasteiger partial charge is 0.306 e. The second-order valence-electron chi connectivity index (χ2n) is 6.01. The molecular weight excluding hydrogens is 308 g/mol. The highest BCUT2D eigenvalue weighted by atomic mass is 16.5. The summed E-state index contributed by atoms with van der Waals surface area (Å²) in [4.78, 5) is 25.7. The van der Waals surface area contributed by atoms with Crippen molar-refractivity contribution in [2.75, 3.05) is 33.9 Å². The Morgan fingerprint density at radius 2 is 1.83 bits per heavy atom. The zero-order valence-electron chi connectivity index (χ0n) is 14.4. The van der Waals surface area contributed by atoms with E-state index in [0.717, 1.165) is 37.2 Å². The minimum absolute atomic E-state index is 0.0534. The van der Waals surface area contributed by atoms with Crippen LogP contribution in [0.1, 0.15) is 24.8 Å². The van der Waals surface area contributed by atoms with Crippen LogP contribution in [-0.4, -0.2) is 50.6 Å². The van der Waals surface area contributed by atoms with E-state index in [0.29, 0.717) is 19.5 Å². The van der Waals surface area contributed by atoms with Gasteiger partial charge in [-0.25, -0.2) is 0 Å². The van der Waals surface area contributed by atoms with E-state index in [2.05, 4.69) is 15.0 Å². The summed E-state index contributed by atoms with van der Waals surface area (Å²) in [6.45, 7) is 2.92. The Morgan fingerprint density at radius 1 is 1.17 bits per heavy atom. The zero-order chi connectivity index (χ0) is 17.4. The van der Waals surface area contributed by atoms with Gasteiger partial charge in [-0.1, -0.05) is 12.1 Å². The van der Waals surface area contributed by atoms with Crippen LogP contribution in [-0.2, 0) is 20.9 Å². The van der Waals surface area contributed by atoms with Gasteiger partial charge in [0.25, 0.3) is 0 Å². The molecule has 6 heteroatoms. The monoisotopic (exact) mass is 334 g/mol. The molecule has 2 rings (SSSR count). The van der Waals surface area contributed by atoms with Gasteiger partial charge in [-0.15, -0.1) is 0 Å². The first kappa shape index (κ1) is 18.3. The van der Waals surface area contributed by atoms with Gasteiger partial charge < -0.3 is 19.7 Å². The number of hydrogen-bond acceptors (Lipinski definition) is 5. The lowest BCUT2D eigenvalue weighted by atomic mass is 9.95. The number of benzene rings is 1. The van der Waals surface area contributed by atoms with Gasteiger partial charge in [0.2, 0.25) is 5.91 Å². The Labute approximate surface area is 143 Å². The standard InChI is InChI=1S/C18H26N2O4/c1-23-16-5-3-14(4-6-16)13-19-18(22)15-7-10-20(11-8-15)12-9-17(21)24-2/h3-6,15H,7-13H2,1-2H3,(H,19,22). The van der Waals surface area contributed by atoms with Gasteiger partial charge >= 0.3 is 5.97 Å². The number of piperidine rings is 1. The van der Waals surface area contributed by atoms with Gasteiger partial charge in [0.1, 0.15) is 5.75 Å². The lowest BCUT2D eigenvalue weighted by molar-refractivity contribution is -0.141. The van der Waals surface area contributed by atoms with E-state index in [1.54, 1.807) is 7.11 Å². The number of methoxy groups -OCH3 is 2. The first-order valence-electron chi connectivity index (χ1n) is 8.32. The highest BCUT2D eigenvalue weighted by Crippen LogP contribution is 2.18. The van der Waals surface area contributed by atoms with E-state index >= 15 is 0 Å². The number of carbonyl (C=O) groups is 2. The van der Waals surface area contributed by atoms with E-state index in [9.17, 15) is 9.59 Å². The van der Waals surface area contributed by atoms with Crippen LogP contribution in [0.4, 0.5) is 0 Å².